The average molecular weight is 329 g/mol. The average Bonchev–Trinajstić information content (AvgIpc) is 2.92. The van der Waals surface area contributed by atoms with Crippen LogP contribution in [0.25, 0.3) is 0 Å². The van der Waals surface area contributed by atoms with Gasteiger partial charge in [-0.15, -0.1) is 0 Å². The van der Waals surface area contributed by atoms with Gasteiger partial charge in [-0.2, -0.15) is 0 Å². The summed E-state index contributed by atoms with van der Waals surface area (Å²) in [5.41, 5.74) is 1.33. The first-order valence-corrected chi connectivity index (χ1v) is 9.20. The van der Waals surface area contributed by atoms with Crippen molar-refractivity contribution in [2.24, 2.45) is 0 Å². The fourth-order valence-electron chi connectivity index (χ4n) is 2.54. The van der Waals surface area contributed by atoms with Crippen molar-refractivity contribution < 1.29 is 4.21 Å². The Bertz CT molecular complexity index is 399. The molecule has 1 nitrogen and oxygen atoms in total. The normalized spacial score (nSPS) is 18.1. The lowest BCUT2D eigenvalue weighted by Gasteiger charge is -2.10. The Hall–Kier alpha value is -0.150. The van der Waals surface area contributed by atoms with E-state index in [0.717, 1.165) is 29.5 Å². The zero-order valence-corrected chi connectivity index (χ0v) is 13.1. The Morgan fingerprint density at radius 3 is 2.72 bits per heavy atom. The molecule has 3 heteroatoms. The molecule has 1 aliphatic carbocycles. The molecule has 0 aromatic heterocycles. The number of alkyl halides is 1. The van der Waals surface area contributed by atoms with Gasteiger partial charge in [-0.1, -0.05) is 40.9 Å². The summed E-state index contributed by atoms with van der Waals surface area (Å²) in [6.07, 6.45) is 8.28. The molecule has 0 aliphatic heterocycles. The molecule has 1 atom stereocenters. The van der Waals surface area contributed by atoms with Gasteiger partial charge in [-0.05, 0) is 49.8 Å². The van der Waals surface area contributed by atoms with Crippen LogP contribution in [0.4, 0.5) is 0 Å². The Kier molecular flexibility index (Phi) is 5.90. The first-order valence-electron chi connectivity index (χ1n) is 6.87. The molecule has 1 unspecified atom stereocenters. The van der Waals surface area contributed by atoms with Crippen molar-refractivity contribution in [3.63, 3.8) is 0 Å². The van der Waals surface area contributed by atoms with Crippen LogP contribution in [0.3, 0.4) is 0 Å². The molecule has 0 spiro atoms. The third kappa shape index (κ3) is 3.92. The van der Waals surface area contributed by atoms with Gasteiger partial charge in [0.15, 0.2) is 0 Å². The maximum atomic E-state index is 12.4. The summed E-state index contributed by atoms with van der Waals surface area (Å²) in [7, 11) is -0.786. The van der Waals surface area contributed by atoms with Gasteiger partial charge >= 0.3 is 0 Å². The highest BCUT2D eigenvalue weighted by Gasteiger charge is 2.22. The van der Waals surface area contributed by atoms with E-state index in [-0.39, 0.29) is 0 Å². The van der Waals surface area contributed by atoms with Gasteiger partial charge in [0.05, 0.1) is 10.8 Å². The zero-order chi connectivity index (χ0) is 12.8. The van der Waals surface area contributed by atoms with Crippen molar-refractivity contribution in [3.05, 3.63) is 29.8 Å². The van der Waals surface area contributed by atoms with Crippen LogP contribution >= 0.6 is 15.9 Å². The van der Waals surface area contributed by atoms with E-state index in [0.29, 0.717) is 5.25 Å². The summed E-state index contributed by atoms with van der Waals surface area (Å²) < 4.78 is 12.4. The summed E-state index contributed by atoms with van der Waals surface area (Å²) in [4.78, 5) is 1.04. The van der Waals surface area contributed by atoms with Crippen LogP contribution in [0.5, 0.6) is 0 Å². The highest BCUT2D eigenvalue weighted by Crippen LogP contribution is 2.27. The number of hydrogen-bond acceptors (Lipinski definition) is 1. The molecule has 0 heterocycles. The van der Waals surface area contributed by atoms with Crippen molar-refractivity contribution in [2.45, 2.75) is 55.1 Å². The molecular formula is C15H21BrOS. The second-order valence-electron chi connectivity index (χ2n) is 5.00. The zero-order valence-electron chi connectivity index (χ0n) is 10.7. The van der Waals surface area contributed by atoms with E-state index in [1.54, 1.807) is 0 Å². The molecule has 1 aromatic rings. The van der Waals surface area contributed by atoms with Crippen LogP contribution in [0.1, 0.15) is 44.1 Å². The van der Waals surface area contributed by atoms with Crippen molar-refractivity contribution in [2.75, 3.05) is 5.33 Å². The molecule has 1 saturated carbocycles. The molecule has 0 radical (unpaired) electrons. The van der Waals surface area contributed by atoms with Gasteiger partial charge in [0.2, 0.25) is 0 Å². The SMILES string of the molecule is O=S(c1cccc(CCCCBr)c1)C1CCCC1. The topological polar surface area (TPSA) is 17.1 Å². The highest BCUT2D eigenvalue weighted by atomic mass is 79.9. The van der Waals surface area contributed by atoms with Gasteiger partial charge in [0, 0.05) is 15.5 Å². The predicted octanol–water partition coefficient (Wildman–Crippen LogP) is 4.45. The Morgan fingerprint density at radius 2 is 2.00 bits per heavy atom. The summed E-state index contributed by atoms with van der Waals surface area (Å²) in [6, 6.07) is 8.40. The maximum Gasteiger partial charge on any atom is 0.0560 e. The molecule has 1 aliphatic rings. The fourth-order valence-corrected chi connectivity index (χ4v) is 4.57. The van der Waals surface area contributed by atoms with Crippen LogP contribution in [-0.2, 0) is 17.2 Å². The number of rotatable bonds is 6. The van der Waals surface area contributed by atoms with Crippen molar-refractivity contribution in [1.29, 1.82) is 0 Å². The lowest BCUT2D eigenvalue weighted by atomic mass is 10.1. The highest BCUT2D eigenvalue weighted by molar-refractivity contribution is 9.09. The van der Waals surface area contributed by atoms with Gasteiger partial charge < -0.3 is 0 Å². The Labute approximate surface area is 121 Å². The standard InChI is InChI=1S/C15H21BrOS/c16-11-4-3-6-13-7-5-10-15(12-13)18(17)14-8-1-2-9-14/h5,7,10,12,14H,1-4,6,8-9,11H2. The van der Waals surface area contributed by atoms with Gasteiger partial charge in [-0.3, -0.25) is 4.21 Å². The third-order valence-electron chi connectivity index (χ3n) is 3.58. The van der Waals surface area contributed by atoms with Gasteiger partial charge in [0.25, 0.3) is 0 Å². The summed E-state index contributed by atoms with van der Waals surface area (Å²) in [5, 5.41) is 1.48. The minimum Gasteiger partial charge on any atom is -0.254 e. The second kappa shape index (κ2) is 7.44. The van der Waals surface area contributed by atoms with E-state index >= 15 is 0 Å². The van der Waals surface area contributed by atoms with E-state index in [2.05, 4.69) is 34.1 Å². The number of hydrogen-bond donors (Lipinski definition) is 0. The van der Waals surface area contributed by atoms with E-state index in [1.165, 1.54) is 31.2 Å². The number of aryl methyl sites for hydroxylation is 1. The third-order valence-corrected chi connectivity index (χ3v) is 5.94. The number of halogens is 1. The van der Waals surface area contributed by atoms with Crippen LogP contribution < -0.4 is 0 Å². The molecule has 100 valence electrons. The van der Waals surface area contributed by atoms with E-state index in [9.17, 15) is 4.21 Å². The van der Waals surface area contributed by atoms with E-state index in [1.807, 2.05) is 6.07 Å². The molecule has 1 aromatic carbocycles. The number of benzene rings is 1. The lowest BCUT2D eigenvalue weighted by Crippen LogP contribution is -2.10. The van der Waals surface area contributed by atoms with Crippen molar-refractivity contribution in [3.8, 4) is 0 Å². The van der Waals surface area contributed by atoms with Crippen LogP contribution in [0.15, 0.2) is 29.2 Å². The van der Waals surface area contributed by atoms with Crippen LogP contribution in [0.2, 0.25) is 0 Å². The summed E-state index contributed by atoms with van der Waals surface area (Å²) in [6.45, 7) is 0. The molecular weight excluding hydrogens is 308 g/mol. The van der Waals surface area contributed by atoms with E-state index < -0.39 is 10.8 Å². The minimum atomic E-state index is -0.786. The monoisotopic (exact) mass is 328 g/mol. The summed E-state index contributed by atoms with van der Waals surface area (Å²) in [5.74, 6) is 0. The lowest BCUT2D eigenvalue weighted by molar-refractivity contribution is 0.669. The number of unbranched alkanes of at least 4 members (excludes halogenated alkanes) is 1. The molecule has 2 rings (SSSR count). The summed E-state index contributed by atoms with van der Waals surface area (Å²) >= 11 is 3.46. The first kappa shape index (κ1) is 14.3. The first-order chi connectivity index (χ1) is 8.81. The smallest absolute Gasteiger partial charge is 0.0560 e. The molecule has 0 bridgehead atoms. The Morgan fingerprint density at radius 1 is 1.22 bits per heavy atom. The molecule has 0 saturated heterocycles. The van der Waals surface area contributed by atoms with Crippen LogP contribution in [0, 0.1) is 0 Å². The molecule has 0 amide bonds. The van der Waals surface area contributed by atoms with Crippen molar-refractivity contribution in [1.82, 2.24) is 0 Å². The van der Waals surface area contributed by atoms with Crippen molar-refractivity contribution >= 4 is 26.7 Å². The quantitative estimate of drug-likeness (QED) is 0.556. The van der Waals surface area contributed by atoms with Crippen LogP contribution in [-0.4, -0.2) is 14.8 Å². The molecule has 1 fully saturated rings. The predicted molar refractivity (Wildman–Crippen MR) is 81.8 cm³/mol. The maximum absolute atomic E-state index is 12.4. The largest absolute Gasteiger partial charge is 0.254 e. The molecule has 0 N–H and O–H groups in total. The molecule has 18 heavy (non-hydrogen) atoms. The minimum absolute atomic E-state index is 0.405. The van der Waals surface area contributed by atoms with Gasteiger partial charge in [-0.25, -0.2) is 0 Å². The van der Waals surface area contributed by atoms with E-state index in [4.69, 9.17) is 0 Å². The van der Waals surface area contributed by atoms with Gasteiger partial charge in [0.1, 0.15) is 0 Å². The second-order valence-corrected chi connectivity index (χ2v) is 7.52. The Balaban J connectivity index is 1.99. The fraction of sp³-hybridized carbons (Fsp3) is 0.600.